The molecule has 0 radical (unpaired) electrons. The molecule has 6 nitrogen and oxygen atoms in total. The van der Waals surface area contributed by atoms with Crippen molar-refractivity contribution in [2.75, 3.05) is 20.3 Å². The summed E-state index contributed by atoms with van der Waals surface area (Å²) in [5.41, 5.74) is 1.53. The molecule has 2 rings (SSSR count). The highest BCUT2D eigenvalue weighted by molar-refractivity contribution is 7.09. The summed E-state index contributed by atoms with van der Waals surface area (Å²) < 4.78 is 4.95. The predicted molar refractivity (Wildman–Crippen MR) is 78.1 cm³/mol. The molecule has 0 fully saturated rings. The Morgan fingerprint density at radius 2 is 2.25 bits per heavy atom. The predicted octanol–water partition coefficient (Wildman–Crippen LogP) is 0.862. The third-order valence-electron chi connectivity index (χ3n) is 2.65. The molecule has 0 saturated heterocycles. The number of nitrogens with zero attached hydrogens (tertiary/aromatic N) is 2. The lowest BCUT2D eigenvalue weighted by molar-refractivity contribution is 0.199. The Labute approximate surface area is 121 Å². The number of aryl methyl sites for hydroxylation is 1. The number of rotatable bonds is 7. The van der Waals surface area contributed by atoms with Crippen LogP contribution in [0.2, 0.25) is 0 Å². The molecule has 2 N–H and O–H groups in total. The highest BCUT2D eigenvalue weighted by Gasteiger charge is 2.05. The van der Waals surface area contributed by atoms with Crippen LogP contribution in [0.4, 0.5) is 0 Å². The van der Waals surface area contributed by atoms with Crippen LogP contribution in [-0.4, -0.2) is 35.2 Å². The summed E-state index contributed by atoms with van der Waals surface area (Å²) in [4.78, 5) is 23.2. The Bertz CT molecular complexity index is 608. The second kappa shape index (κ2) is 7.28. The first-order chi connectivity index (χ1) is 9.67. The van der Waals surface area contributed by atoms with E-state index in [1.165, 1.54) is 6.07 Å². The van der Waals surface area contributed by atoms with Crippen LogP contribution in [0.5, 0.6) is 0 Å². The smallest absolute Gasteiger partial charge is 0.251 e. The number of aromatic amines is 1. The minimum absolute atomic E-state index is 0.134. The van der Waals surface area contributed by atoms with Gasteiger partial charge in [0.2, 0.25) is 0 Å². The van der Waals surface area contributed by atoms with Crippen molar-refractivity contribution in [2.45, 2.75) is 19.9 Å². The number of H-pyrrole nitrogens is 1. The summed E-state index contributed by atoms with van der Waals surface area (Å²) >= 11 is 1.59. The van der Waals surface area contributed by atoms with E-state index in [0.717, 1.165) is 22.9 Å². The molecule has 0 atom stereocenters. The van der Waals surface area contributed by atoms with E-state index >= 15 is 0 Å². The molecular weight excluding hydrogens is 276 g/mol. The second-order valence-electron chi connectivity index (χ2n) is 4.39. The minimum atomic E-state index is -0.134. The fourth-order valence-corrected chi connectivity index (χ4v) is 2.40. The fourth-order valence-electron chi connectivity index (χ4n) is 1.79. The van der Waals surface area contributed by atoms with Gasteiger partial charge in [-0.15, -0.1) is 11.3 Å². The number of methoxy groups -OCH3 is 1. The molecule has 7 heteroatoms. The first-order valence-electron chi connectivity index (χ1n) is 6.37. The van der Waals surface area contributed by atoms with Crippen LogP contribution in [-0.2, 0) is 17.7 Å². The van der Waals surface area contributed by atoms with Gasteiger partial charge in [-0.05, 0) is 6.92 Å². The Balaban J connectivity index is 2.02. The maximum Gasteiger partial charge on any atom is 0.251 e. The molecule has 0 aromatic carbocycles. The molecule has 0 aliphatic carbocycles. The van der Waals surface area contributed by atoms with Crippen LogP contribution in [0.1, 0.15) is 22.2 Å². The maximum atomic E-state index is 11.6. The fraction of sp³-hybridized carbons (Fsp3) is 0.462. The van der Waals surface area contributed by atoms with Gasteiger partial charge >= 0.3 is 0 Å². The van der Waals surface area contributed by atoms with Crippen LogP contribution < -0.4 is 10.9 Å². The number of hydrogen-bond acceptors (Lipinski definition) is 6. The molecule has 0 unspecified atom stereocenters. The lowest BCUT2D eigenvalue weighted by Gasteiger charge is -2.05. The van der Waals surface area contributed by atoms with Crippen molar-refractivity contribution < 1.29 is 4.74 Å². The van der Waals surface area contributed by atoms with Gasteiger partial charge in [-0.25, -0.2) is 9.97 Å². The van der Waals surface area contributed by atoms with Gasteiger partial charge in [-0.2, -0.15) is 0 Å². The van der Waals surface area contributed by atoms with Crippen molar-refractivity contribution in [3.05, 3.63) is 44.0 Å². The molecule has 0 bridgehead atoms. The van der Waals surface area contributed by atoms with Crippen molar-refractivity contribution in [3.8, 4) is 0 Å². The van der Waals surface area contributed by atoms with E-state index < -0.39 is 0 Å². The zero-order chi connectivity index (χ0) is 14.4. The van der Waals surface area contributed by atoms with Crippen LogP contribution in [0, 0.1) is 6.92 Å². The van der Waals surface area contributed by atoms with E-state index in [9.17, 15) is 4.79 Å². The van der Waals surface area contributed by atoms with Gasteiger partial charge in [0, 0.05) is 38.1 Å². The monoisotopic (exact) mass is 294 g/mol. The van der Waals surface area contributed by atoms with Crippen molar-refractivity contribution in [3.63, 3.8) is 0 Å². The van der Waals surface area contributed by atoms with Crippen molar-refractivity contribution in [2.24, 2.45) is 0 Å². The number of nitrogens with one attached hydrogen (secondary N) is 2. The van der Waals surface area contributed by atoms with Gasteiger partial charge in [-0.3, -0.25) is 4.79 Å². The number of hydrogen-bond donors (Lipinski definition) is 2. The topological polar surface area (TPSA) is 79.9 Å². The molecule has 108 valence electrons. The van der Waals surface area contributed by atoms with Gasteiger partial charge in [0.15, 0.2) is 0 Å². The lowest BCUT2D eigenvalue weighted by Crippen LogP contribution is -2.22. The highest BCUT2D eigenvalue weighted by atomic mass is 32.1. The SMILES string of the molecule is COCCNCc1cc(=O)[nH]c(Cc2csc(C)n2)n1. The first kappa shape index (κ1) is 14.8. The highest BCUT2D eigenvalue weighted by Crippen LogP contribution is 2.10. The molecule has 0 amide bonds. The summed E-state index contributed by atoms with van der Waals surface area (Å²) in [6, 6.07) is 1.51. The molecule has 2 aromatic heterocycles. The third kappa shape index (κ3) is 4.52. The van der Waals surface area contributed by atoms with E-state index in [-0.39, 0.29) is 5.56 Å². The number of thiazole rings is 1. The molecule has 2 heterocycles. The minimum Gasteiger partial charge on any atom is -0.383 e. The van der Waals surface area contributed by atoms with E-state index in [0.29, 0.717) is 25.4 Å². The summed E-state index contributed by atoms with van der Waals surface area (Å²) in [5.74, 6) is 0.645. The average molecular weight is 294 g/mol. The zero-order valence-electron chi connectivity index (χ0n) is 11.6. The Kier molecular flexibility index (Phi) is 5.40. The van der Waals surface area contributed by atoms with Gasteiger partial charge in [-0.1, -0.05) is 0 Å². The maximum absolute atomic E-state index is 11.6. The van der Waals surface area contributed by atoms with Crippen LogP contribution in [0.3, 0.4) is 0 Å². The van der Waals surface area contributed by atoms with E-state index in [4.69, 9.17) is 4.74 Å². The summed E-state index contributed by atoms with van der Waals surface area (Å²) in [6.07, 6.45) is 0.547. The molecule has 0 spiro atoms. The molecule has 0 saturated carbocycles. The zero-order valence-corrected chi connectivity index (χ0v) is 12.4. The van der Waals surface area contributed by atoms with Crippen LogP contribution >= 0.6 is 11.3 Å². The van der Waals surface area contributed by atoms with Gasteiger partial charge < -0.3 is 15.0 Å². The molecule has 20 heavy (non-hydrogen) atoms. The van der Waals surface area contributed by atoms with E-state index in [2.05, 4.69) is 20.3 Å². The molecular formula is C13H18N4O2S. The van der Waals surface area contributed by atoms with Gasteiger partial charge in [0.25, 0.3) is 5.56 Å². The largest absolute Gasteiger partial charge is 0.383 e. The van der Waals surface area contributed by atoms with Crippen molar-refractivity contribution >= 4 is 11.3 Å². The van der Waals surface area contributed by atoms with Crippen LogP contribution in [0.25, 0.3) is 0 Å². The summed E-state index contributed by atoms with van der Waals surface area (Å²) in [5, 5.41) is 6.17. The van der Waals surface area contributed by atoms with Gasteiger partial charge in [0.1, 0.15) is 5.82 Å². The van der Waals surface area contributed by atoms with Crippen LogP contribution in [0.15, 0.2) is 16.2 Å². The van der Waals surface area contributed by atoms with Crippen molar-refractivity contribution in [1.82, 2.24) is 20.3 Å². The lowest BCUT2D eigenvalue weighted by atomic mass is 10.3. The standard InChI is InChI=1S/C13H18N4O2S/c1-9-15-11(8-20-9)5-12-16-10(6-13(18)17-12)7-14-3-4-19-2/h6,8,14H,3-5,7H2,1-2H3,(H,16,17,18). The Hall–Kier alpha value is -1.57. The molecule has 0 aliphatic rings. The molecule has 0 aliphatic heterocycles. The summed E-state index contributed by atoms with van der Waals surface area (Å²) in [6.45, 7) is 3.87. The Morgan fingerprint density at radius 1 is 1.40 bits per heavy atom. The quantitative estimate of drug-likeness (QED) is 0.740. The van der Waals surface area contributed by atoms with Gasteiger partial charge in [0.05, 0.1) is 23.0 Å². The summed E-state index contributed by atoms with van der Waals surface area (Å²) in [7, 11) is 1.65. The Morgan fingerprint density at radius 3 is 2.95 bits per heavy atom. The normalized spacial score (nSPS) is 10.9. The van der Waals surface area contributed by atoms with E-state index in [1.54, 1.807) is 18.4 Å². The third-order valence-corrected chi connectivity index (χ3v) is 3.47. The van der Waals surface area contributed by atoms with E-state index in [1.807, 2.05) is 12.3 Å². The second-order valence-corrected chi connectivity index (χ2v) is 5.45. The number of ether oxygens (including phenoxy) is 1. The number of aromatic nitrogens is 3. The van der Waals surface area contributed by atoms with Crippen molar-refractivity contribution in [1.29, 1.82) is 0 Å². The molecule has 2 aromatic rings. The first-order valence-corrected chi connectivity index (χ1v) is 7.25. The average Bonchev–Trinajstić information content (AvgIpc) is 2.79.